The lowest BCUT2D eigenvalue weighted by molar-refractivity contribution is 0.964. The molecule has 0 aromatic carbocycles. The van der Waals surface area contributed by atoms with Crippen molar-refractivity contribution in [3.05, 3.63) is 24.5 Å². The van der Waals surface area contributed by atoms with E-state index in [1.54, 1.807) is 23.7 Å². The molecule has 4 nitrogen and oxygen atoms in total. The van der Waals surface area contributed by atoms with E-state index in [1.807, 2.05) is 12.1 Å². The number of nitrogens with one attached hydrogen (secondary N) is 1. The summed E-state index contributed by atoms with van der Waals surface area (Å²) in [5.41, 5.74) is 1.06. The van der Waals surface area contributed by atoms with Gasteiger partial charge in [-0.05, 0) is 18.6 Å². The zero-order valence-corrected chi connectivity index (χ0v) is 9.29. The highest BCUT2D eigenvalue weighted by Gasteiger charge is 2.04. The largest absolute Gasteiger partial charge is 0.360 e. The van der Waals surface area contributed by atoms with E-state index in [9.17, 15) is 0 Å². The molecule has 2 rings (SSSR count). The number of pyridine rings is 1. The second-order valence-electron chi connectivity index (χ2n) is 3.08. The number of aromatic nitrogens is 3. The first-order chi connectivity index (χ1) is 7.40. The first-order valence-electron chi connectivity index (χ1n) is 4.88. The molecule has 15 heavy (non-hydrogen) atoms. The summed E-state index contributed by atoms with van der Waals surface area (Å²) < 4.78 is 0. The molecule has 2 aromatic rings. The molecule has 2 aromatic heterocycles. The molecule has 5 heteroatoms. The summed E-state index contributed by atoms with van der Waals surface area (Å²) in [5, 5.41) is 13.2. The summed E-state index contributed by atoms with van der Waals surface area (Å²) in [6.45, 7) is 3.06. The van der Waals surface area contributed by atoms with Gasteiger partial charge < -0.3 is 5.32 Å². The molecule has 2 heterocycles. The summed E-state index contributed by atoms with van der Waals surface area (Å²) in [6.07, 6.45) is 4.61. The van der Waals surface area contributed by atoms with Crippen LogP contribution in [0.1, 0.15) is 13.3 Å². The van der Waals surface area contributed by atoms with Crippen LogP contribution in [0, 0.1) is 0 Å². The van der Waals surface area contributed by atoms with Gasteiger partial charge in [0.15, 0.2) is 0 Å². The Bertz CT molecular complexity index is 412. The number of anilines is 1. The minimum atomic E-state index is 0.878. The second-order valence-corrected chi connectivity index (χ2v) is 4.05. The summed E-state index contributed by atoms with van der Waals surface area (Å²) in [4.78, 5) is 3.97. The summed E-state index contributed by atoms with van der Waals surface area (Å²) in [6, 6.07) is 3.87. The second kappa shape index (κ2) is 4.84. The lowest BCUT2D eigenvalue weighted by Crippen LogP contribution is -1.98. The summed E-state index contributed by atoms with van der Waals surface area (Å²) in [7, 11) is 0. The van der Waals surface area contributed by atoms with Crippen LogP contribution in [0.3, 0.4) is 0 Å². The Morgan fingerprint density at radius 1 is 1.27 bits per heavy atom. The van der Waals surface area contributed by atoms with Crippen LogP contribution in [-0.2, 0) is 0 Å². The Kier molecular flexibility index (Phi) is 3.24. The molecule has 0 amide bonds. The summed E-state index contributed by atoms with van der Waals surface area (Å²) in [5.74, 6) is 0. The lowest BCUT2D eigenvalue weighted by atomic mass is 10.3. The quantitative estimate of drug-likeness (QED) is 0.859. The Morgan fingerprint density at radius 2 is 2.07 bits per heavy atom. The molecule has 0 spiro atoms. The van der Waals surface area contributed by atoms with Crippen LogP contribution in [0.2, 0.25) is 0 Å². The van der Waals surface area contributed by atoms with Crippen molar-refractivity contribution >= 4 is 16.5 Å². The van der Waals surface area contributed by atoms with Gasteiger partial charge in [0.2, 0.25) is 5.13 Å². The molecule has 0 radical (unpaired) electrons. The topological polar surface area (TPSA) is 50.7 Å². The Balaban J connectivity index is 2.14. The summed E-state index contributed by atoms with van der Waals surface area (Å²) >= 11 is 1.56. The predicted molar refractivity (Wildman–Crippen MR) is 61.9 cm³/mol. The lowest BCUT2D eigenvalue weighted by Gasteiger charge is -1.95. The standard InChI is InChI=1S/C10H12N4S/c1-2-5-12-10-14-13-9(15-10)8-3-6-11-7-4-8/h3-4,6-7H,2,5H2,1H3,(H,12,14). The van der Waals surface area contributed by atoms with Gasteiger partial charge in [-0.25, -0.2) is 0 Å². The monoisotopic (exact) mass is 220 g/mol. The van der Waals surface area contributed by atoms with Gasteiger partial charge in [0.25, 0.3) is 0 Å². The zero-order valence-electron chi connectivity index (χ0n) is 8.47. The number of hydrogen-bond acceptors (Lipinski definition) is 5. The Hall–Kier alpha value is -1.49. The van der Waals surface area contributed by atoms with Crippen LogP contribution < -0.4 is 5.32 Å². The van der Waals surface area contributed by atoms with E-state index in [2.05, 4.69) is 27.4 Å². The zero-order chi connectivity index (χ0) is 10.5. The maximum Gasteiger partial charge on any atom is 0.206 e. The van der Waals surface area contributed by atoms with E-state index in [-0.39, 0.29) is 0 Å². The van der Waals surface area contributed by atoms with Gasteiger partial charge in [0.1, 0.15) is 5.01 Å². The average molecular weight is 220 g/mol. The third-order valence-electron chi connectivity index (χ3n) is 1.88. The van der Waals surface area contributed by atoms with Gasteiger partial charge in [-0.2, -0.15) is 0 Å². The SMILES string of the molecule is CCCNc1nnc(-c2ccncc2)s1. The molecule has 1 N–H and O–H groups in total. The molecule has 0 unspecified atom stereocenters. The smallest absolute Gasteiger partial charge is 0.206 e. The molecule has 0 aliphatic rings. The van der Waals surface area contributed by atoms with E-state index in [1.165, 1.54) is 0 Å². The number of nitrogens with zero attached hydrogens (tertiary/aromatic N) is 3. The van der Waals surface area contributed by atoms with Crippen LogP contribution >= 0.6 is 11.3 Å². The van der Waals surface area contributed by atoms with Crippen molar-refractivity contribution in [2.75, 3.05) is 11.9 Å². The molecule has 0 bridgehead atoms. The molecule has 0 aliphatic heterocycles. The fourth-order valence-corrected chi connectivity index (χ4v) is 1.91. The first-order valence-corrected chi connectivity index (χ1v) is 5.69. The molecule has 78 valence electrons. The highest BCUT2D eigenvalue weighted by molar-refractivity contribution is 7.18. The maximum absolute atomic E-state index is 4.12. The van der Waals surface area contributed by atoms with E-state index in [0.717, 1.165) is 28.7 Å². The van der Waals surface area contributed by atoms with Crippen molar-refractivity contribution in [2.45, 2.75) is 13.3 Å². The minimum Gasteiger partial charge on any atom is -0.360 e. The fraction of sp³-hybridized carbons (Fsp3) is 0.300. The van der Waals surface area contributed by atoms with Crippen molar-refractivity contribution in [3.8, 4) is 10.6 Å². The van der Waals surface area contributed by atoms with E-state index >= 15 is 0 Å². The van der Waals surface area contributed by atoms with Gasteiger partial charge in [-0.1, -0.05) is 18.3 Å². The highest BCUT2D eigenvalue weighted by atomic mass is 32.1. The molecule has 0 fully saturated rings. The maximum atomic E-state index is 4.12. The van der Waals surface area contributed by atoms with Crippen molar-refractivity contribution in [2.24, 2.45) is 0 Å². The molecular weight excluding hydrogens is 208 g/mol. The van der Waals surface area contributed by atoms with Gasteiger partial charge in [0.05, 0.1) is 0 Å². The van der Waals surface area contributed by atoms with Crippen molar-refractivity contribution < 1.29 is 0 Å². The van der Waals surface area contributed by atoms with Gasteiger partial charge in [0, 0.05) is 24.5 Å². The van der Waals surface area contributed by atoms with Crippen LogP contribution in [0.25, 0.3) is 10.6 Å². The molecule has 0 atom stereocenters. The minimum absolute atomic E-state index is 0.878. The van der Waals surface area contributed by atoms with Gasteiger partial charge in [-0.15, -0.1) is 10.2 Å². The highest BCUT2D eigenvalue weighted by Crippen LogP contribution is 2.25. The third kappa shape index (κ3) is 2.50. The Morgan fingerprint density at radius 3 is 2.80 bits per heavy atom. The third-order valence-corrected chi connectivity index (χ3v) is 2.81. The normalized spacial score (nSPS) is 10.2. The van der Waals surface area contributed by atoms with E-state index in [0.29, 0.717) is 0 Å². The van der Waals surface area contributed by atoms with Crippen molar-refractivity contribution in [1.29, 1.82) is 0 Å². The van der Waals surface area contributed by atoms with E-state index < -0.39 is 0 Å². The number of hydrogen-bond donors (Lipinski definition) is 1. The van der Waals surface area contributed by atoms with Crippen molar-refractivity contribution in [3.63, 3.8) is 0 Å². The van der Waals surface area contributed by atoms with Crippen LogP contribution in [-0.4, -0.2) is 21.7 Å². The van der Waals surface area contributed by atoms with Gasteiger partial charge >= 0.3 is 0 Å². The molecular formula is C10H12N4S. The van der Waals surface area contributed by atoms with Crippen LogP contribution in [0.4, 0.5) is 5.13 Å². The predicted octanol–water partition coefficient (Wildman–Crippen LogP) is 2.42. The molecule has 0 aliphatic carbocycles. The van der Waals surface area contributed by atoms with Crippen LogP contribution in [0.15, 0.2) is 24.5 Å². The van der Waals surface area contributed by atoms with Gasteiger partial charge in [-0.3, -0.25) is 4.98 Å². The molecule has 0 saturated heterocycles. The average Bonchev–Trinajstić information content (AvgIpc) is 2.76. The van der Waals surface area contributed by atoms with E-state index in [4.69, 9.17) is 0 Å². The Labute approximate surface area is 92.4 Å². The number of rotatable bonds is 4. The fourth-order valence-electron chi connectivity index (χ4n) is 1.14. The van der Waals surface area contributed by atoms with Crippen LogP contribution in [0.5, 0.6) is 0 Å². The van der Waals surface area contributed by atoms with Crippen molar-refractivity contribution in [1.82, 2.24) is 15.2 Å². The first kappa shape index (κ1) is 10.0. The molecule has 0 saturated carbocycles.